The minimum absolute atomic E-state index is 0.121. The molecule has 180 valence electrons. The average molecular weight is 473 g/mol. The van der Waals surface area contributed by atoms with Crippen molar-refractivity contribution in [3.63, 3.8) is 0 Å². The van der Waals surface area contributed by atoms with Gasteiger partial charge in [0.2, 0.25) is 5.91 Å². The molecule has 3 N–H and O–H groups in total. The van der Waals surface area contributed by atoms with Crippen LogP contribution in [0.25, 0.3) is 11.3 Å². The number of aromatic nitrogens is 1. The van der Waals surface area contributed by atoms with E-state index in [1.165, 1.54) is 17.8 Å². The molecule has 1 unspecified atom stereocenters. The van der Waals surface area contributed by atoms with Crippen LogP contribution in [0.3, 0.4) is 0 Å². The second kappa shape index (κ2) is 10.4. The van der Waals surface area contributed by atoms with Crippen LogP contribution in [0.5, 0.6) is 0 Å². The summed E-state index contributed by atoms with van der Waals surface area (Å²) in [5.74, 6) is -0.848. The number of carbonyl (C=O) groups is 3. The van der Waals surface area contributed by atoms with Crippen molar-refractivity contribution in [1.29, 1.82) is 0 Å². The molecule has 1 saturated heterocycles. The topological polar surface area (TPSA) is 112 Å². The monoisotopic (exact) mass is 472 g/mol. The van der Waals surface area contributed by atoms with E-state index in [-0.39, 0.29) is 17.5 Å². The van der Waals surface area contributed by atoms with Gasteiger partial charge in [-0.05, 0) is 60.7 Å². The summed E-state index contributed by atoms with van der Waals surface area (Å²) in [6, 6.07) is 17.2. The molecule has 2 aromatic carbocycles. The van der Waals surface area contributed by atoms with E-state index < -0.39 is 12.0 Å². The predicted octanol–water partition coefficient (Wildman–Crippen LogP) is 5.21. The normalized spacial score (nSPS) is 15.2. The number of carbonyl (C=O) groups excluding carboxylic acids is 2. The van der Waals surface area contributed by atoms with Crippen LogP contribution in [-0.2, 0) is 4.79 Å². The van der Waals surface area contributed by atoms with E-state index in [9.17, 15) is 14.4 Å². The SMILES string of the molecule is CC(C)c1ccc(NC(=O)N2CCCC2C(=O)Nc2ccc(-c3ccc(C(=O)O)cn3)cc2)cc1. The fourth-order valence-corrected chi connectivity index (χ4v) is 4.07. The fourth-order valence-electron chi connectivity index (χ4n) is 4.07. The van der Waals surface area contributed by atoms with Gasteiger partial charge in [0, 0.05) is 29.7 Å². The largest absolute Gasteiger partial charge is 0.478 e. The molecule has 4 rings (SSSR count). The molecule has 1 aliphatic rings. The first kappa shape index (κ1) is 23.9. The average Bonchev–Trinajstić information content (AvgIpc) is 3.35. The van der Waals surface area contributed by atoms with Crippen LogP contribution in [0.2, 0.25) is 0 Å². The summed E-state index contributed by atoms with van der Waals surface area (Å²) in [5.41, 5.74) is 4.05. The fraction of sp³-hybridized carbons (Fsp3) is 0.259. The number of carboxylic acids is 1. The molecule has 0 spiro atoms. The number of likely N-dealkylation sites (tertiary alicyclic amines) is 1. The van der Waals surface area contributed by atoms with Gasteiger partial charge in [0.25, 0.3) is 0 Å². The van der Waals surface area contributed by atoms with Crippen molar-refractivity contribution in [2.75, 3.05) is 17.2 Å². The quantitative estimate of drug-likeness (QED) is 0.456. The van der Waals surface area contributed by atoms with Crippen molar-refractivity contribution in [2.24, 2.45) is 0 Å². The molecular formula is C27H28N4O4. The molecule has 3 aromatic rings. The van der Waals surface area contributed by atoms with Crippen LogP contribution in [0.15, 0.2) is 66.9 Å². The number of hydrogen-bond acceptors (Lipinski definition) is 4. The molecule has 35 heavy (non-hydrogen) atoms. The van der Waals surface area contributed by atoms with Gasteiger partial charge in [0.1, 0.15) is 6.04 Å². The van der Waals surface area contributed by atoms with Gasteiger partial charge in [-0.15, -0.1) is 0 Å². The molecule has 0 radical (unpaired) electrons. The standard InChI is InChI=1S/C27H28N4O4/c1-17(2)18-5-10-22(11-6-18)30-27(35)31-15-3-4-24(31)25(32)29-21-12-7-19(8-13-21)23-14-9-20(16-28-23)26(33)34/h5-14,16-17,24H,3-4,15H2,1-2H3,(H,29,32)(H,30,35)(H,33,34). The van der Waals surface area contributed by atoms with E-state index in [1.54, 1.807) is 35.2 Å². The molecule has 1 atom stereocenters. The van der Waals surface area contributed by atoms with Crippen LogP contribution >= 0.6 is 0 Å². The Morgan fingerprint density at radius 2 is 1.60 bits per heavy atom. The maximum absolute atomic E-state index is 13.0. The number of pyridine rings is 1. The highest BCUT2D eigenvalue weighted by molar-refractivity contribution is 5.99. The molecule has 8 nitrogen and oxygen atoms in total. The first-order chi connectivity index (χ1) is 16.8. The highest BCUT2D eigenvalue weighted by atomic mass is 16.4. The summed E-state index contributed by atoms with van der Waals surface area (Å²) in [7, 11) is 0. The number of nitrogens with one attached hydrogen (secondary N) is 2. The van der Waals surface area contributed by atoms with E-state index in [0.29, 0.717) is 36.0 Å². The van der Waals surface area contributed by atoms with Crippen LogP contribution < -0.4 is 10.6 Å². The molecule has 2 heterocycles. The van der Waals surface area contributed by atoms with Gasteiger partial charge in [0.05, 0.1) is 11.3 Å². The summed E-state index contributed by atoms with van der Waals surface area (Å²) in [5, 5.41) is 14.8. The van der Waals surface area contributed by atoms with Crippen LogP contribution in [-0.4, -0.2) is 45.5 Å². The van der Waals surface area contributed by atoms with Crippen molar-refractivity contribution in [2.45, 2.75) is 38.6 Å². The Morgan fingerprint density at radius 3 is 2.20 bits per heavy atom. The Morgan fingerprint density at radius 1 is 0.943 bits per heavy atom. The molecular weight excluding hydrogens is 444 g/mol. The lowest BCUT2D eigenvalue weighted by Crippen LogP contribution is -2.45. The molecule has 0 saturated carbocycles. The zero-order valence-electron chi connectivity index (χ0n) is 19.7. The van der Waals surface area contributed by atoms with Gasteiger partial charge in [-0.2, -0.15) is 0 Å². The van der Waals surface area contributed by atoms with Crippen LogP contribution in [0.1, 0.15) is 48.5 Å². The Balaban J connectivity index is 1.37. The molecule has 1 aromatic heterocycles. The van der Waals surface area contributed by atoms with E-state index in [0.717, 1.165) is 12.0 Å². The van der Waals surface area contributed by atoms with E-state index in [1.807, 2.05) is 24.3 Å². The lowest BCUT2D eigenvalue weighted by atomic mass is 10.0. The summed E-state index contributed by atoms with van der Waals surface area (Å²) in [6.07, 6.45) is 2.67. The second-order valence-electron chi connectivity index (χ2n) is 8.86. The minimum Gasteiger partial charge on any atom is -0.478 e. The summed E-state index contributed by atoms with van der Waals surface area (Å²) >= 11 is 0. The Bertz CT molecular complexity index is 1210. The van der Waals surface area contributed by atoms with E-state index >= 15 is 0 Å². The smallest absolute Gasteiger partial charge is 0.337 e. The van der Waals surface area contributed by atoms with Gasteiger partial charge >= 0.3 is 12.0 Å². The minimum atomic E-state index is -1.03. The Kier molecular flexibility index (Phi) is 7.10. The lowest BCUT2D eigenvalue weighted by Gasteiger charge is -2.24. The third kappa shape index (κ3) is 5.66. The molecule has 1 aliphatic heterocycles. The van der Waals surface area contributed by atoms with E-state index in [4.69, 9.17) is 5.11 Å². The van der Waals surface area contributed by atoms with Gasteiger partial charge in [0.15, 0.2) is 0 Å². The number of hydrogen-bond donors (Lipinski definition) is 3. The van der Waals surface area contributed by atoms with Crippen LogP contribution in [0.4, 0.5) is 16.2 Å². The molecule has 3 amide bonds. The zero-order chi connectivity index (χ0) is 24.9. The number of aromatic carboxylic acids is 1. The van der Waals surface area contributed by atoms with Gasteiger partial charge in [-0.25, -0.2) is 9.59 Å². The molecule has 0 aliphatic carbocycles. The molecule has 1 fully saturated rings. The number of urea groups is 1. The number of benzene rings is 2. The maximum atomic E-state index is 13.0. The van der Waals surface area contributed by atoms with Gasteiger partial charge in [-0.3, -0.25) is 9.78 Å². The third-order valence-corrected chi connectivity index (χ3v) is 6.10. The number of nitrogens with zero attached hydrogens (tertiary/aromatic N) is 2. The summed E-state index contributed by atoms with van der Waals surface area (Å²) in [6.45, 7) is 4.75. The van der Waals surface area contributed by atoms with Crippen molar-refractivity contribution >= 4 is 29.3 Å². The first-order valence-electron chi connectivity index (χ1n) is 11.6. The number of rotatable bonds is 6. The van der Waals surface area contributed by atoms with Crippen molar-refractivity contribution in [1.82, 2.24) is 9.88 Å². The van der Waals surface area contributed by atoms with Crippen molar-refractivity contribution in [3.05, 3.63) is 78.0 Å². The third-order valence-electron chi connectivity index (χ3n) is 6.10. The first-order valence-corrected chi connectivity index (χ1v) is 11.6. The zero-order valence-corrected chi connectivity index (χ0v) is 19.7. The van der Waals surface area contributed by atoms with Crippen molar-refractivity contribution < 1.29 is 19.5 Å². The van der Waals surface area contributed by atoms with Crippen LogP contribution in [0, 0.1) is 0 Å². The van der Waals surface area contributed by atoms with Gasteiger partial charge < -0.3 is 20.6 Å². The number of amides is 3. The Hall–Kier alpha value is -4.20. The maximum Gasteiger partial charge on any atom is 0.337 e. The predicted molar refractivity (Wildman–Crippen MR) is 135 cm³/mol. The van der Waals surface area contributed by atoms with E-state index in [2.05, 4.69) is 29.5 Å². The highest BCUT2D eigenvalue weighted by Gasteiger charge is 2.34. The summed E-state index contributed by atoms with van der Waals surface area (Å²) < 4.78 is 0. The Labute approximate surface area is 204 Å². The lowest BCUT2D eigenvalue weighted by molar-refractivity contribution is -0.119. The number of carboxylic acid groups (broad SMARTS) is 1. The highest BCUT2D eigenvalue weighted by Crippen LogP contribution is 2.24. The molecule has 8 heteroatoms. The van der Waals surface area contributed by atoms with Crippen molar-refractivity contribution in [3.8, 4) is 11.3 Å². The van der Waals surface area contributed by atoms with Gasteiger partial charge in [-0.1, -0.05) is 38.1 Å². The molecule has 0 bridgehead atoms. The summed E-state index contributed by atoms with van der Waals surface area (Å²) in [4.78, 5) is 42.6. The number of anilines is 2. The second-order valence-corrected chi connectivity index (χ2v) is 8.86.